The molecule has 1 aliphatic rings. The normalized spacial score (nSPS) is 17.6. The smallest absolute Gasteiger partial charge is 0.328 e. The Balaban J connectivity index is 2.37. The minimum atomic E-state index is -0.728. The summed E-state index contributed by atoms with van der Waals surface area (Å²) in [5, 5.41) is 11.0. The van der Waals surface area contributed by atoms with E-state index in [1.54, 1.807) is 0 Å². The Morgan fingerprint density at radius 2 is 2.29 bits per heavy atom. The van der Waals surface area contributed by atoms with Crippen molar-refractivity contribution in [1.82, 2.24) is 9.88 Å². The van der Waals surface area contributed by atoms with Crippen molar-refractivity contribution in [1.29, 1.82) is 0 Å². The van der Waals surface area contributed by atoms with Gasteiger partial charge in [0.2, 0.25) is 0 Å². The summed E-state index contributed by atoms with van der Waals surface area (Å²) in [7, 11) is 1.23. The van der Waals surface area contributed by atoms with Crippen molar-refractivity contribution in [2.45, 2.75) is 18.9 Å². The molecule has 0 aliphatic carbocycles. The largest absolute Gasteiger partial charge is 0.467 e. The van der Waals surface area contributed by atoms with Gasteiger partial charge in [0.05, 0.1) is 12.0 Å². The lowest BCUT2D eigenvalue weighted by Crippen LogP contribution is -2.41. The Kier molecular flexibility index (Phi) is 4.37. The molecule has 1 fully saturated rings. The molecule has 0 N–H and O–H groups in total. The van der Waals surface area contributed by atoms with Crippen LogP contribution in [-0.4, -0.2) is 46.4 Å². The predicted molar refractivity (Wildman–Crippen MR) is 72.0 cm³/mol. The van der Waals surface area contributed by atoms with Crippen molar-refractivity contribution in [2.24, 2.45) is 0 Å². The Morgan fingerprint density at radius 3 is 2.90 bits per heavy atom. The van der Waals surface area contributed by atoms with Crippen molar-refractivity contribution in [3.63, 3.8) is 0 Å². The van der Waals surface area contributed by atoms with Crippen LogP contribution in [0.2, 0.25) is 5.15 Å². The molecule has 1 amide bonds. The second-order valence-electron chi connectivity index (χ2n) is 4.46. The highest BCUT2D eigenvalue weighted by atomic mass is 35.5. The number of hydrogen-bond acceptors (Lipinski definition) is 6. The van der Waals surface area contributed by atoms with Crippen molar-refractivity contribution >= 4 is 29.2 Å². The van der Waals surface area contributed by atoms with Gasteiger partial charge in [-0.25, -0.2) is 9.78 Å². The molecule has 0 spiro atoms. The first-order chi connectivity index (χ1) is 9.95. The van der Waals surface area contributed by atoms with E-state index in [1.165, 1.54) is 12.0 Å². The molecule has 0 bridgehead atoms. The lowest BCUT2D eigenvalue weighted by molar-refractivity contribution is -0.385. The molecule has 1 aliphatic heterocycles. The molecule has 2 heterocycles. The van der Waals surface area contributed by atoms with Gasteiger partial charge in [-0.3, -0.25) is 14.9 Å². The molecular formula is C12H12ClN3O5. The Hall–Kier alpha value is -2.22. The Bertz CT molecular complexity index is 607. The Labute approximate surface area is 124 Å². The number of hydrogen-bond donors (Lipinski definition) is 0. The minimum Gasteiger partial charge on any atom is -0.467 e. The molecule has 1 aromatic heterocycles. The highest BCUT2D eigenvalue weighted by Gasteiger charge is 2.37. The van der Waals surface area contributed by atoms with Crippen molar-refractivity contribution < 1.29 is 19.2 Å². The summed E-state index contributed by atoms with van der Waals surface area (Å²) >= 11 is 5.70. The van der Waals surface area contributed by atoms with Gasteiger partial charge in [-0.15, -0.1) is 0 Å². The zero-order valence-corrected chi connectivity index (χ0v) is 11.9. The summed E-state index contributed by atoms with van der Waals surface area (Å²) in [4.78, 5) is 39.3. The molecule has 1 aromatic rings. The lowest BCUT2D eigenvalue weighted by atomic mass is 10.1. The van der Waals surface area contributed by atoms with Crippen LogP contribution in [0.15, 0.2) is 12.3 Å². The number of halogens is 1. The molecular weight excluding hydrogens is 302 g/mol. The number of ether oxygens (including phenoxy) is 1. The lowest BCUT2D eigenvalue weighted by Gasteiger charge is -2.22. The van der Waals surface area contributed by atoms with E-state index >= 15 is 0 Å². The standard InChI is InChI=1S/C12H12ClN3O5/c1-21-12(18)8-3-2-4-15(8)11(17)7-5-10(13)14-6-9(7)16(19)20/h5-6,8H,2-4H2,1H3. The quantitative estimate of drug-likeness (QED) is 0.362. The Morgan fingerprint density at radius 1 is 1.57 bits per heavy atom. The topological polar surface area (TPSA) is 103 Å². The molecule has 8 nitrogen and oxygen atoms in total. The van der Waals surface area contributed by atoms with Gasteiger partial charge in [-0.2, -0.15) is 0 Å². The summed E-state index contributed by atoms with van der Waals surface area (Å²) < 4.78 is 4.65. The number of carbonyl (C=O) groups is 2. The molecule has 1 atom stereocenters. The number of nitro groups is 1. The van der Waals surface area contributed by atoms with E-state index in [0.717, 1.165) is 12.3 Å². The van der Waals surface area contributed by atoms with E-state index in [9.17, 15) is 19.7 Å². The van der Waals surface area contributed by atoms with Crippen LogP contribution in [-0.2, 0) is 9.53 Å². The number of methoxy groups -OCH3 is 1. The molecule has 112 valence electrons. The summed E-state index contributed by atoms with van der Waals surface area (Å²) in [5.74, 6) is -1.16. The SMILES string of the molecule is COC(=O)C1CCCN1C(=O)c1cc(Cl)ncc1[N+](=O)[O-]. The van der Waals surface area contributed by atoms with Gasteiger partial charge in [0.15, 0.2) is 0 Å². The second-order valence-corrected chi connectivity index (χ2v) is 4.85. The first-order valence-corrected chi connectivity index (χ1v) is 6.52. The van der Waals surface area contributed by atoms with E-state index in [0.29, 0.717) is 19.4 Å². The van der Waals surface area contributed by atoms with E-state index in [1.807, 2.05) is 0 Å². The fourth-order valence-electron chi connectivity index (χ4n) is 2.29. The zero-order chi connectivity index (χ0) is 15.6. The average molecular weight is 314 g/mol. The molecule has 0 saturated carbocycles. The maximum atomic E-state index is 12.5. The molecule has 0 aromatic carbocycles. The molecule has 1 saturated heterocycles. The predicted octanol–water partition coefficient (Wildman–Crippen LogP) is 1.42. The number of carbonyl (C=O) groups excluding carboxylic acids is 2. The monoisotopic (exact) mass is 313 g/mol. The van der Waals surface area contributed by atoms with Gasteiger partial charge in [-0.05, 0) is 18.9 Å². The van der Waals surface area contributed by atoms with Crippen LogP contribution >= 0.6 is 11.6 Å². The van der Waals surface area contributed by atoms with E-state index in [4.69, 9.17) is 11.6 Å². The third kappa shape index (κ3) is 2.94. The van der Waals surface area contributed by atoms with Crippen LogP contribution < -0.4 is 0 Å². The van der Waals surface area contributed by atoms with Gasteiger partial charge in [-0.1, -0.05) is 11.6 Å². The fourth-order valence-corrected chi connectivity index (χ4v) is 2.44. The zero-order valence-electron chi connectivity index (χ0n) is 11.1. The number of rotatable bonds is 3. The van der Waals surface area contributed by atoms with E-state index < -0.39 is 28.5 Å². The van der Waals surface area contributed by atoms with Gasteiger partial charge >= 0.3 is 5.97 Å². The average Bonchev–Trinajstić information content (AvgIpc) is 2.94. The highest BCUT2D eigenvalue weighted by Crippen LogP contribution is 2.26. The maximum Gasteiger partial charge on any atom is 0.328 e. The second kappa shape index (κ2) is 6.04. The van der Waals surface area contributed by atoms with Crippen LogP contribution in [0.3, 0.4) is 0 Å². The number of likely N-dealkylation sites (tertiary alicyclic amines) is 1. The van der Waals surface area contributed by atoms with Gasteiger partial charge < -0.3 is 9.64 Å². The number of pyridine rings is 1. The fraction of sp³-hybridized carbons (Fsp3) is 0.417. The van der Waals surface area contributed by atoms with Gasteiger partial charge in [0, 0.05) is 6.54 Å². The van der Waals surface area contributed by atoms with Crippen LogP contribution in [0.1, 0.15) is 23.2 Å². The molecule has 1 unspecified atom stereocenters. The van der Waals surface area contributed by atoms with Gasteiger partial charge in [0.25, 0.3) is 11.6 Å². The minimum absolute atomic E-state index is 0.0298. The first kappa shape index (κ1) is 15.2. The molecule has 0 radical (unpaired) electrons. The van der Waals surface area contributed by atoms with Crippen molar-refractivity contribution in [3.8, 4) is 0 Å². The van der Waals surface area contributed by atoms with Crippen LogP contribution in [0, 0.1) is 10.1 Å². The summed E-state index contributed by atoms with van der Waals surface area (Å²) in [6.45, 7) is 0.329. The number of amides is 1. The molecule has 21 heavy (non-hydrogen) atoms. The highest BCUT2D eigenvalue weighted by molar-refractivity contribution is 6.29. The number of aromatic nitrogens is 1. The van der Waals surface area contributed by atoms with E-state index in [2.05, 4.69) is 9.72 Å². The third-order valence-corrected chi connectivity index (χ3v) is 3.47. The molecule has 9 heteroatoms. The van der Waals surface area contributed by atoms with Crippen LogP contribution in [0.4, 0.5) is 5.69 Å². The first-order valence-electron chi connectivity index (χ1n) is 6.14. The van der Waals surface area contributed by atoms with Crippen molar-refractivity contribution in [3.05, 3.63) is 33.1 Å². The third-order valence-electron chi connectivity index (χ3n) is 3.26. The van der Waals surface area contributed by atoms with Gasteiger partial charge in [0.1, 0.15) is 23.0 Å². The van der Waals surface area contributed by atoms with Crippen LogP contribution in [0.25, 0.3) is 0 Å². The van der Waals surface area contributed by atoms with Crippen molar-refractivity contribution in [2.75, 3.05) is 13.7 Å². The number of nitrogens with zero attached hydrogens (tertiary/aromatic N) is 3. The number of esters is 1. The maximum absolute atomic E-state index is 12.5. The van der Waals surface area contributed by atoms with E-state index in [-0.39, 0.29) is 10.7 Å². The van der Waals surface area contributed by atoms with Crippen LogP contribution in [0.5, 0.6) is 0 Å². The molecule has 2 rings (SSSR count). The summed E-state index contributed by atoms with van der Waals surface area (Å²) in [6, 6.07) is 0.406. The summed E-state index contributed by atoms with van der Waals surface area (Å²) in [6.07, 6.45) is 2.02. The summed E-state index contributed by atoms with van der Waals surface area (Å²) in [5.41, 5.74) is -0.629.